The lowest BCUT2D eigenvalue weighted by Gasteiger charge is -2.05. The van der Waals surface area contributed by atoms with Gasteiger partial charge in [0.25, 0.3) is 0 Å². The molecule has 0 aliphatic rings. The van der Waals surface area contributed by atoms with Gasteiger partial charge in [0.1, 0.15) is 0 Å². The van der Waals surface area contributed by atoms with Crippen molar-refractivity contribution < 1.29 is 9.59 Å². The molecule has 1 aromatic carbocycles. The van der Waals surface area contributed by atoms with Crippen LogP contribution in [0.25, 0.3) is 0 Å². The quantitative estimate of drug-likeness (QED) is 0.464. The van der Waals surface area contributed by atoms with Crippen LogP contribution in [0.1, 0.15) is 0 Å². The van der Waals surface area contributed by atoms with E-state index in [0.29, 0.717) is 11.4 Å². The molecule has 14 heavy (non-hydrogen) atoms. The van der Waals surface area contributed by atoms with E-state index in [-0.39, 0.29) is 5.02 Å². The van der Waals surface area contributed by atoms with E-state index in [1.54, 1.807) is 6.07 Å². The predicted octanol–water partition coefficient (Wildman–Crippen LogP) is 0.346. The molecule has 74 valence electrons. The molecule has 1 aromatic rings. The number of nitrogens with two attached hydrogens (primary N) is 2. The lowest BCUT2D eigenvalue weighted by molar-refractivity contribution is -0.134. The summed E-state index contributed by atoms with van der Waals surface area (Å²) in [6.45, 7) is 0. The molecular weight excluding hydrogens is 206 g/mol. The topological polar surface area (TPSA) is 98.2 Å². The average Bonchev–Trinajstić information content (AvgIpc) is 2.09. The Morgan fingerprint density at radius 1 is 1.36 bits per heavy atom. The molecule has 0 unspecified atom stereocenters. The van der Waals surface area contributed by atoms with Crippen molar-refractivity contribution in [3.63, 3.8) is 0 Å². The number of hydrogen-bond donors (Lipinski definition) is 3. The first-order valence-electron chi connectivity index (χ1n) is 3.66. The summed E-state index contributed by atoms with van der Waals surface area (Å²) in [6.07, 6.45) is 0. The minimum atomic E-state index is -1.07. The highest BCUT2D eigenvalue weighted by molar-refractivity contribution is 6.41. The number of anilines is 2. The summed E-state index contributed by atoms with van der Waals surface area (Å²) in [5.41, 5.74) is 10.9. The van der Waals surface area contributed by atoms with Gasteiger partial charge in [-0.3, -0.25) is 9.59 Å². The summed E-state index contributed by atoms with van der Waals surface area (Å²) in [6, 6.07) is 4.49. The summed E-state index contributed by atoms with van der Waals surface area (Å²) in [7, 11) is 0. The fraction of sp³-hybridized carbons (Fsp3) is 0. The number of rotatable bonds is 1. The monoisotopic (exact) mass is 213 g/mol. The van der Waals surface area contributed by atoms with Crippen molar-refractivity contribution in [3.05, 3.63) is 23.2 Å². The van der Waals surface area contributed by atoms with Gasteiger partial charge in [-0.05, 0) is 18.2 Å². The lowest BCUT2D eigenvalue weighted by atomic mass is 10.3. The summed E-state index contributed by atoms with van der Waals surface area (Å²) in [5, 5.41) is 2.49. The molecule has 0 spiro atoms. The summed E-state index contributed by atoms with van der Waals surface area (Å²) < 4.78 is 0. The van der Waals surface area contributed by atoms with Crippen molar-refractivity contribution in [3.8, 4) is 0 Å². The molecule has 5 N–H and O–H groups in total. The third-order valence-electron chi connectivity index (χ3n) is 1.47. The number of halogens is 1. The van der Waals surface area contributed by atoms with Crippen LogP contribution in [-0.4, -0.2) is 11.8 Å². The van der Waals surface area contributed by atoms with Crippen LogP contribution in [0.2, 0.25) is 5.02 Å². The molecular formula is C8H8ClN3O2. The van der Waals surface area contributed by atoms with Crippen LogP contribution in [0, 0.1) is 0 Å². The zero-order chi connectivity index (χ0) is 10.7. The van der Waals surface area contributed by atoms with Crippen LogP contribution in [0.3, 0.4) is 0 Å². The number of primary amides is 1. The Bertz CT molecular complexity index is 392. The second kappa shape index (κ2) is 3.97. The minimum Gasteiger partial charge on any atom is -0.399 e. The van der Waals surface area contributed by atoms with Gasteiger partial charge < -0.3 is 16.8 Å². The van der Waals surface area contributed by atoms with Gasteiger partial charge in [0, 0.05) is 5.69 Å². The normalized spacial score (nSPS) is 9.50. The maximum Gasteiger partial charge on any atom is 0.313 e. The lowest BCUT2D eigenvalue weighted by Crippen LogP contribution is -2.29. The molecule has 5 nitrogen and oxygen atoms in total. The highest BCUT2D eigenvalue weighted by Gasteiger charge is 2.10. The van der Waals surface area contributed by atoms with Gasteiger partial charge in [-0.15, -0.1) is 0 Å². The van der Waals surface area contributed by atoms with E-state index in [9.17, 15) is 9.59 Å². The van der Waals surface area contributed by atoms with E-state index in [4.69, 9.17) is 23.1 Å². The highest BCUT2D eigenvalue weighted by Crippen LogP contribution is 2.23. The Morgan fingerprint density at radius 3 is 2.50 bits per heavy atom. The van der Waals surface area contributed by atoms with Gasteiger partial charge in [-0.1, -0.05) is 11.6 Å². The molecule has 0 saturated heterocycles. The first-order chi connectivity index (χ1) is 6.50. The number of nitrogen functional groups attached to an aromatic ring is 1. The molecule has 0 atom stereocenters. The van der Waals surface area contributed by atoms with Crippen molar-refractivity contribution in [1.82, 2.24) is 0 Å². The fourth-order valence-corrected chi connectivity index (χ4v) is 1.05. The van der Waals surface area contributed by atoms with Crippen molar-refractivity contribution in [1.29, 1.82) is 0 Å². The largest absolute Gasteiger partial charge is 0.399 e. The molecule has 0 aromatic heterocycles. The van der Waals surface area contributed by atoms with Gasteiger partial charge in [0.15, 0.2) is 0 Å². The number of hydrogen-bond acceptors (Lipinski definition) is 3. The Hall–Kier alpha value is -1.75. The van der Waals surface area contributed by atoms with Crippen LogP contribution in [-0.2, 0) is 9.59 Å². The molecule has 0 saturated carbocycles. The maximum absolute atomic E-state index is 10.9. The Kier molecular flexibility index (Phi) is 2.93. The van der Waals surface area contributed by atoms with Crippen LogP contribution in [0.4, 0.5) is 11.4 Å². The van der Waals surface area contributed by atoms with Crippen molar-refractivity contribution >= 4 is 34.8 Å². The third-order valence-corrected chi connectivity index (χ3v) is 1.78. The van der Waals surface area contributed by atoms with Crippen LogP contribution < -0.4 is 16.8 Å². The summed E-state index contributed by atoms with van der Waals surface area (Å²) in [5.74, 6) is -1.99. The second-order valence-electron chi connectivity index (χ2n) is 2.56. The van der Waals surface area contributed by atoms with E-state index in [0.717, 1.165) is 0 Å². The number of amides is 2. The Balaban J connectivity index is 2.87. The highest BCUT2D eigenvalue weighted by atomic mass is 35.5. The van der Waals surface area contributed by atoms with Gasteiger partial charge >= 0.3 is 11.8 Å². The molecule has 2 amide bonds. The number of benzene rings is 1. The smallest absolute Gasteiger partial charge is 0.313 e. The number of carbonyl (C=O) groups is 2. The molecule has 0 radical (unpaired) electrons. The molecule has 0 heterocycles. The van der Waals surface area contributed by atoms with E-state index in [2.05, 4.69) is 5.32 Å². The SMILES string of the molecule is NC(=O)C(=O)Nc1ccc(N)cc1Cl. The number of nitrogens with one attached hydrogen (secondary N) is 1. The predicted molar refractivity (Wildman–Crippen MR) is 53.7 cm³/mol. The van der Waals surface area contributed by atoms with Gasteiger partial charge in [-0.2, -0.15) is 0 Å². The van der Waals surface area contributed by atoms with E-state index in [1.165, 1.54) is 12.1 Å². The van der Waals surface area contributed by atoms with Crippen molar-refractivity contribution in [2.45, 2.75) is 0 Å². The molecule has 1 rings (SSSR count). The number of carbonyl (C=O) groups excluding carboxylic acids is 2. The average molecular weight is 214 g/mol. The van der Waals surface area contributed by atoms with Gasteiger partial charge in [0.05, 0.1) is 10.7 Å². The zero-order valence-corrected chi connectivity index (χ0v) is 7.84. The Labute approximate surface area is 85.0 Å². The molecule has 0 aliphatic heterocycles. The minimum absolute atomic E-state index is 0.250. The fourth-order valence-electron chi connectivity index (χ4n) is 0.817. The third kappa shape index (κ3) is 2.37. The summed E-state index contributed by atoms with van der Waals surface area (Å²) in [4.78, 5) is 21.3. The van der Waals surface area contributed by atoms with Crippen molar-refractivity contribution in [2.24, 2.45) is 5.73 Å². The second-order valence-corrected chi connectivity index (χ2v) is 2.96. The first kappa shape index (κ1) is 10.3. The van der Waals surface area contributed by atoms with Crippen LogP contribution >= 0.6 is 11.6 Å². The summed E-state index contributed by atoms with van der Waals surface area (Å²) >= 11 is 5.73. The van der Waals surface area contributed by atoms with Gasteiger partial charge in [-0.25, -0.2) is 0 Å². The van der Waals surface area contributed by atoms with Crippen LogP contribution in [0.5, 0.6) is 0 Å². The molecule has 0 aliphatic carbocycles. The van der Waals surface area contributed by atoms with E-state index < -0.39 is 11.8 Å². The molecule has 0 fully saturated rings. The standard InChI is InChI=1S/C8H8ClN3O2/c9-5-3-4(10)1-2-6(5)12-8(14)7(11)13/h1-3H,10H2,(H2,11,13)(H,12,14). The molecule has 0 bridgehead atoms. The van der Waals surface area contributed by atoms with Crippen molar-refractivity contribution in [2.75, 3.05) is 11.1 Å². The maximum atomic E-state index is 10.9. The molecule has 6 heteroatoms. The zero-order valence-electron chi connectivity index (χ0n) is 7.08. The van der Waals surface area contributed by atoms with Crippen LogP contribution in [0.15, 0.2) is 18.2 Å². The van der Waals surface area contributed by atoms with E-state index in [1.807, 2.05) is 0 Å². The Morgan fingerprint density at radius 2 is 2.00 bits per heavy atom. The first-order valence-corrected chi connectivity index (χ1v) is 4.04. The van der Waals surface area contributed by atoms with Gasteiger partial charge in [0.2, 0.25) is 0 Å². The van der Waals surface area contributed by atoms with E-state index >= 15 is 0 Å².